The number of nitrogens with zero attached hydrogens (tertiary/aromatic N) is 2. The number of rotatable bonds is 3. The smallest absolute Gasteiger partial charge is 0.260 e. The Morgan fingerprint density at radius 1 is 1.07 bits per heavy atom. The summed E-state index contributed by atoms with van der Waals surface area (Å²) >= 11 is 0. The summed E-state index contributed by atoms with van der Waals surface area (Å²) in [6, 6.07) is 9.24. The minimum atomic E-state index is -0.400. The van der Waals surface area contributed by atoms with E-state index in [2.05, 4.69) is 4.98 Å². The fourth-order valence-corrected chi connectivity index (χ4v) is 3.21. The summed E-state index contributed by atoms with van der Waals surface area (Å²) in [6.45, 7) is 3.52. The number of carbonyl (C=O) groups is 2. The lowest BCUT2D eigenvalue weighted by atomic mass is 10.1. The van der Waals surface area contributed by atoms with E-state index in [0.29, 0.717) is 43.9 Å². The lowest BCUT2D eigenvalue weighted by Gasteiger charge is -2.22. The van der Waals surface area contributed by atoms with Gasteiger partial charge in [0.15, 0.2) is 0 Å². The summed E-state index contributed by atoms with van der Waals surface area (Å²) in [6.07, 6.45) is 0.758. The van der Waals surface area contributed by atoms with Gasteiger partial charge < -0.3 is 14.8 Å². The Kier molecular flexibility index (Phi) is 5.69. The van der Waals surface area contributed by atoms with Gasteiger partial charge in [-0.05, 0) is 43.2 Å². The topological polar surface area (TPSA) is 73.5 Å². The third-order valence-corrected chi connectivity index (χ3v) is 4.67. The normalized spacial score (nSPS) is 14.7. The first-order chi connectivity index (χ1) is 12.9. The van der Waals surface area contributed by atoms with Gasteiger partial charge in [0.05, 0.1) is 6.42 Å². The first-order valence-electron chi connectivity index (χ1n) is 8.95. The molecule has 6 nitrogen and oxygen atoms in total. The van der Waals surface area contributed by atoms with Crippen molar-refractivity contribution < 1.29 is 14.0 Å². The molecule has 7 heteroatoms. The zero-order chi connectivity index (χ0) is 19.4. The van der Waals surface area contributed by atoms with E-state index in [1.54, 1.807) is 34.9 Å². The molecule has 1 aromatic carbocycles. The number of aryl methyl sites for hydroxylation is 1. The van der Waals surface area contributed by atoms with Gasteiger partial charge in [-0.15, -0.1) is 0 Å². The minimum absolute atomic E-state index is 0.0944. The van der Waals surface area contributed by atoms with Crippen molar-refractivity contribution in [2.24, 2.45) is 0 Å². The summed E-state index contributed by atoms with van der Waals surface area (Å²) in [5.74, 6) is -0.782. The first kappa shape index (κ1) is 18.8. The number of H-pyrrole nitrogens is 1. The van der Waals surface area contributed by atoms with Crippen molar-refractivity contribution >= 4 is 11.8 Å². The molecule has 1 aromatic heterocycles. The lowest BCUT2D eigenvalue weighted by Crippen LogP contribution is -2.39. The van der Waals surface area contributed by atoms with Crippen LogP contribution in [-0.2, 0) is 11.2 Å². The van der Waals surface area contributed by atoms with E-state index >= 15 is 0 Å². The molecule has 2 heterocycles. The van der Waals surface area contributed by atoms with Crippen LogP contribution in [0.3, 0.4) is 0 Å². The fraction of sp³-hybridized carbons (Fsp3) is 0.350. The SMILES string of the molecule is Cc1ccc(C(=O)N2CCCN(C(=O)Cc3cccc(F)c3)CC2)c(=O)[nH]1. The van der Waals surface area contributed by atoms with Crippen molar-refractivity contribution in [1.29, 1.82) is 0 Å². The number of pyridine rings is 1. The second-order valence-electron chi connectivity index (χ2n) is 6.72. The quantitative estimate of drug-likeness (QED) is 0.893. The van der Waals surface area contributed by atoms with Crippen LogP contribution in [0.2, 0.25) is 0 Å². The molecule has 0 spiro atoms. The number of carbonyl (C=O) groups excluding carboxylic acids is 2. The molecule has 2 amide bonds. The van der Waals surface area contributed by atoms with Crippen LogP contribution in [0.5, 0.6) is 0 Å². The van der Waals surface area contributed by atoms with Crippen molar-refractivity contribution in [1.82, 2.24) is 14.8 Å². The molecule has 1 fully saturated rings. The molecule has 0 radical (unpaired) electrons. The van der Waals surface area contributed by atoms with Crippen LogP contribution in [0.4, 0.5) is 4.39 Å². The van der Waals surface area contributed by atoms with E-state index in [1.807, 2.05) is 0 Å². The molecule has 1 aliphatic heterocycles. The van der Waals surface area contributed by atoms with E-state index < -0.39 is 5.56 Å². The van der Waals surface area contributed by atoms with Gasteiger partial charge in [0.25, 0.3) is 11.5 Å². The predicted octanol–water partition coefficient (Wildman–Crippen LogP) is 1.74. The van der Waals surface area contributed by atoms with Crippen LogP contribution in [0.25, 0.3) is 0 Å². The summed E-state index contributed by atoms with van der Waals surface area (Å²) in [5.41, 5.74) is 1.04. The molecular weight excluding hydrogens is 349 g/mol. The highest BCUT2D eigenvalue weighted by atomic mass is 19.1. The van der Waals surface area contributed by atoms with E-state index in [4.69, 9.17) is 0 Å². The molecule has 1 saturated heterocycles. The number of nitrogens with one attached hydrogen (secondary N) is 1. The largest absolute Gasteiger partial charge is 0.341 e. The molecule has 0 bridgehead atoms. The van der Waals surface area contributed by atoms with Crippen LogP contribution >= 0.6 is 0 Å². The number of hydrogen-bond acceptors (Lipinski definition) is 3. The van der Waals surface area contributed by atoms with Crippen molar-refractivity contribution in [3.8, 4) is 0 Å². The summed E-state index contributed by atoms with van der Waals surface area (Å²) in [4.78, 5) is 43.1. The van der Waals surface area contributed by atoms with E-state index in [1.165, 1.54) is 18.2 Å². The first-order valence-corrected chi connectivity index (χ1v) is 8.95. The maximum Gasteiger partial charge on any atom is 0.260 e. The monoisotopic (exact) mass is 371 g/mol. The predicted molar refractivity (Wildman–Crippen MR) is 99.0 cm³/mol. The van der Waals surface area contributed by atoms with Crippen LogP contribution in [0, 0.1) is 12.7 Å². The standard InChI is InChI=1S/C20H22FN3O3/c1-14-6-7-17(19(26)22-14)20(27)24-9-3-8-23(10-11-24)18(25)13-15-4-2-5-16(21)12-15/h2,4-7,12H,3,8-11,13H2,1H3,(H,22,26). The molecule has 27 heavy (non-hydrogen) atoms. The van der Waals surface area contributed by atoms with Gasteiger partial charge in [-0.3, -0.25) is 14.4 Å². The summed E-state index contributed by atoms with van der Waals surface area (Å²) in [7, 11) is 0. The van der Waals surface area contributed by atoms with Gasteiger partial charge in [-0.2, -0.15) is 0 Å². The molecular formula is C20H22FN3O3. The Balaban J connectivity index is 1.63. The third kappa shape index (κ3) is 4.61. The Bertz CT molecular complexity index is 909. The number of hydrogen-bond donors (Lipinski definition) is 1. The van der Waals surface area contributed by atoms with Gasteiger partial charge in [-0.25, -0.2) is 4.39 Å². The maximum absolute atomic E-state index is 13.3. The molecule has 0 unspecified atom stereocenters. The molecule has 0 saturated carbocycles. The Hall–Kier alpha value is -2.96. The number of halogens is 1. The molecule has 0 aliphatic carbocycles. The van der Waals surface area contributed by atoms with E-state index in [-0.39, 0.29) is 29.6 Å². The van der Waals surface area contributed by atoms with Gasteiger partial charge in [0.1, 0.15) is 11.4 Å². The third-order valence-electron chi connectivity index (χ3n) is 4.67. The molecule has 2 aromatic rings. The van der Waals surface area contributed by atoms with E-state index in [9.17, 15) is 18.8 Å². The van der Waals surface area contributed by atoms with Crippen molar-refractivity contribution in [2.75, 3.05) is 26.2 Å². The zero-order valence-electron chi connectivity index (χ0n) is 15.2. The highest BCUT2D eigenvalue weighted by molar-refractivity contribution is 5.94. The second kappa shape index (κ2) is 8.16. The average molecular weight is 371 g/mol. The highest BCUT2D eigenvalue weighted by Crippen LogP contribution is 2.11. The van der Waals surface area contributed by atoms with Crippen molar-refractivity contribution in [3.05, 3.63) is 69.4 Å². The van der Waals surface area contributed by atoms with Crippen LogP contribution < -0.4 is 5.56 Å². The summed E-state index contributed by atoms with van der Waals surface area (Å²) in [5, 5.41) is 0. The zero-order valence-corrected chi connectivity index (χ0v) is 15.2. The lowest BCUT2D eigenvalue weighted by molar-refractivity contribution is -0.130. The summed E-state index contributed by atoms with van der Waals surface area (Å²) < 4.78 is 13.3. The van der Waals surface area contributed by atoms with Gasteiger partial charge in [0, 0.05) is 31.9 Å². The second-order valence-corrected chi connectivity index (χ2v) is 6.72. The number of aromatic amines is 1. The number of benzene rings is 1. The molecule has 1 aliphatic rings. The van der Waals surface area contributed by atoms with Crippen LogP contribution in [0.1, 0.15) is 28.0 Å². The molecule has 0 atom stereocenters. The van der Waals surface area contributed by atoms with Gasteiger partial charge in [0.2, 0.25) is 5.91 Å². The van der Waals surface area contributed by atoms with Crippen LogP contribution in [-0.4, -0.2) is 52.8 Å². The molecule has 1 N–H and O–H groups in total. The highest BCUT2D eigenvalue weighted by Gasteiger charge is 2.24. The van der Waals surface area contributed by atoms with E-state index in [0.717, 1.165) is 0 Å². The number of aromatic nitrogens is 1. The van der Waals surface area contributed by atoms with Crippen molar-refractivity contribution in [3.63, 3.8) is 0 Å². The molecule has 142 valence electrons. The van der Waals surface area contributed by atoms with Gasteiger partial charge >= 0.3 is 0 Å². The van der Waals surface area contributed by atoms with Crippen LogP contribution in [0.15, 0.2) is 41.2 Å². The Morgan fingerprint density at radius 2 is 1.81 bits per heavy atom. The van der Waals surface area contributed by atoms with Gasteiger partial charge in [-0.1, -0.05) is 12.1 Å². The average Bonchev–Trinajstić information content (AvgIpc) is 2.87. The minimum Gasteiger partial charge on any atom is -0.341 e. The van der Waals surface area contributed by atoms with Crippen molar-refractivity contribution in [2.45, 2.75) is 19.8 Å². The maximum atomic E-state index is 13.3. The number of amides is 2. The molecule has 3 rings (SSSR count). The Labute approximate surface area is 156 Å². The fourth-order valence-electron chi connectivity index (χ4n) is 3.21. The Morgan fingerprint density at radius 3 is 2.56 bits per heavy atom.